The first-order valence-electron chi connectivity index (χ1n) is 10.1. The lowest BCUT2D eigenvalue weighted by Crippen LogP contribution is -2.30. The Bertz CT molecular complexity index is 1290. The molecule has 0 aliphatic rings. The number of nitrogens with one attached hydrogen (secondary N) is 2. The average Bonchev–Trinajstić information content (AvgIpc) is 2.74. The van der Waals surface area contributed by atoms with Crippen LogP contribution in [0.3, 0.4) is 0 Å². The molecule has 3 aromatic rings. The summed E-state index contributed by atoms with van der Waals surface area (Å²) in [5.74, 6) is 0.304. The van der Waals surface area contributed by atoms with Crippen molar-refractivity contribution in [3.05, 3.63) is 81.3 Å². The Morgan fingerprint density at radius 2 is 1.64 bits per heavy atom. The minimum Gasteiger partial charge on any atom is -0.481 e. The van der Waals surface area contributed by atoms with Crippen LogP contribution in [0.5, 0.6) is 5.75 Å². The molecule has 0 radical (unpaired) electrons. The van der Waals surface area contributed by atoms with Gasteiger partial charge in [-0.15, -0.1) is 0 Å². The summed E-state index contributed by atoms with van der Waals surface area (Å²) in [6, 6.07) is 14.2. The van der Waals surface area contributed by atoms with Crippen LogP contribution >= 0.6 is 23.2 Å². The predicted octanol–water partition coefficient (Wildman–Crippen LogP) is 6.13. The number of anilines is 2. The number of ether oxygens (including phenoxy) is 1. The Balaban J connectivity index is 1.68. The monoisotopic (exact) mass is 506 g/mol. The summed E-state index contributed by atoms with van der Waals surface area (Å²) >= 11 is 11.9. The Morgan fingerprint density at radius 3 is 2.27 bits per heavy atom. The molecule has 0 bridgehead atoms. The minimum atomic E-state index is -3.88. The minimum absolute atomic E-state index is 0.0154. The number of carbonyl (C=O) groups is 1. The van der Waals surface area contributed by atoms with Crippen LogP contribution in [0.1, 0.15) is 23.6 Å². The normalized spacial score (nSPS) is 12.2. The van der Waals surface area contributed by atoms with Gasteiger partial charge in [-0.1, -0.05) is 29.3 Å². The van der Waals surface area contributed by atoms with Gasteiger partial charge in [0.15, 0.2) is 6.10 Å². The summed E-state index contributed by atoms with van der Waals surface area (Å²) < 4.78 is 33.6. The van der Waals surface area contributed by atoms with Crippen LogP contribution in [0.15, 0.2) is 59.5 Å². The molecule has 0 fully saturated rings. The maximum absolute atomic E-state index is 12.7. The van der Waals surface area contributed by atoms with Crippen molar-refractivity contribution in [3.8, 4) is 5.75 Å². The molecule has 0 aliphatic heterocycles. The fourth-order valence-corrected chi connectivity index (χ4v) is 4.70. The van der Waals surface area contributed by atoms with Crippen molar-refractivity contribution in [2.45, 2.75) is 38.7 Å². The zero-order valence-corrected chi connectivity index (χ0v) is 20.9. The smallest absolute Gasteiger partial charge is 0.265 e. The summed E-state index contributed by atoms with van der Waals surface area (Å²) in [4.78, 5) is 12.6. The van der Waals surface area contributed by atoms with Gasteiger partial charge in [-0.25, -0.2) is 8.42 Å². The van der Waals surface area contributed by atoms with Gasteiger partial charge in [-0.2, -0.15) is 0 Å². The largest absolute Gasteiger partial charge is 0.481 e. The molecule has 9 heteroatoms. The molecule has 0 spiro atoms. The SMILES string of the molecule is Cc1cc(C)c(C)c(OC(C)C(=O)Nc2ccc(S(=O)(=O)Nc3ccc(Cl)cc3Cl)cc2)c1. The molecule has 0 aromatic heterocycles. The van der Waals surface area contributed by atoms with Gasteiger partial charge in [0.25, 0.3) is 15.9 Å². The summed E-state index contributed by atoms with van der Waals surface area (Å²) in [6.45, 7) is 7.56. The summed E-state index contributed by atoms with van der Waals surface area (Å²) in [6.07, 6.45) is -0.748. The van der Waals surface area contributed by atoms with Gasteiger partial charge in [-0.3, -0.25) is 9.52 Å². The van der Waals surface area contributed by atoms with Gasteiger partial charge in [-0.05, 0) is 92.9 Å². The van der Waals surface area contributed by atoms with Crippen molar-refractivity contribution >= 4 is 50.5 Å². The Kier molecular flexibility index (Phi) is 7.57. The quantitative estimate of drug-likeness (QED) is 0.403. The fourth-order valence-electron chi connectivity index (χ4n) is 3.10. The number of benzene rings is 3. The van der Waals surface area contributed by atoms with Crippen LogP contribution in [0.4, 0.5) is 11.4 Å². The molecule has 1 unspecified atom stereocenters. The maximum atomic E-state index is 12.7. The summed E-state index contributed by atoms with van der Waals surface area (Å²) in [7, 11) is -3.88. The lowest BCUT2D eigenvalue weighted by Gasteiger charge is -2.18. The van der Waals surface area contributed by atoms with Crippen molar-refractivity contribution in [2.75, 3.05) is 10.0 Å². The van der Waals surface area contributed by atoms with E-state index in [-0.39, 0.29) is 21.5 Å². The highest BCUT2D eigenvalue weighted by Crippen LogP contribution is 2.28. The van der Waals surface area contributed by atoms with Crippen molar-refractivity contribution < 1.29 is 17.9 Å². The van der Waals surface area contributed by atoms with Crippen molar-refractivity contribution in [3.63, 3.8) is 0 Å². The van der Waals surface area contributed by atoms with E-state index in [9.17, 15) is 13.2 Å². The molecule has 1 amide bonds. The van der Waals surface area contributed by atoms with Crippen LogP contribution in [0, 0.1) is 20.8 Å². The number of aryl methyl sites for hydroxylation is 2. The third-order valence-electron chi connectivity index (χ3n) is 5.04. The molecule has 1 atom stereocenters. The van der Waals surface area contributed by atoms with Gasteiger partial charge < -0.3 is 10.1 Å². The van der Waals surface area contributed by atoms with Crippen molar-refractivity contribution in [1.82, 2.24) is 0 Å². The first kappa shape index (κ1) is 24.9. The van der Waals surface area contributed by atoms with Gasteiger partial charge >= 0.3 is 0 Å². The van der Waals surface area contributed by atoms with Gasteiger partial charge in [0.1, 0.15) is 5.75 Å². The van der Waals surface area contributed by atoms with E-state index in [1.807, 2.05) is 26.8 Å². The van der Waals surface area contributed by atoms with Crippen LogP contribution in [0.25, 0.3) is 0 Å². The molecular formula is C24H24Cl2N2O4S. The first-order chi connectivity index (χ1) is 15.5. The number of halogens is 2. The standard InChI is InChI=1S/C24H24Cl2N2O4S/c1-14-11-15(2)16(3)23(12-14)32-17(4)24(29)27-19-6-8-20(9-7-19)33(30,31)28-22-10-5-18(25)13-21(22)26/h5-13,17,28H,1-4H3,(H,27,29). The van der Waals surface area contributed by atoms with E-state index in [1.54, 1.807) is 6.92 Å². The first-order valence-corrected chi connectivity index (χ1v) is 12.3. The van der Waals surface area contributed by atoms with E-state index in [0.717, 1.165) is 16.7 Å². The third kappa shape index (κ3) is 6.19. The highest BCUT2D eigenvalue weighted by Gasteiger charge is 2.19. The molecule has 0 saturated heterocycles. The van der Waals surface area contributed by atoms with Gasteiger partial charge in [0.2, 0.25) is 0 Å². The van der Waals surface area contributed by atoms with E-state index in [2.05, 4.69) is 16.1 Å². The van der Waals surface area contributed by atoms with E-state index in [1.165, 1.54) is 42.5 Å². The summed E-state index contributed by atoms with van der Waals surface area (Å²) in [5.41, 5.74) is 3.76. The zero-order chi connectivity index (χ0) is 24.3. The van der Waals surface area contributed by atoms with E-state index in [4.69, 9.17) is 27.9 Å². The molecule has 0 saturated carbocycles. The molecular weight excluding hydrogens is 483 g/mol. The average molecular weight is 507 g/mol. The molecule has 2 N–H and O–H groups in total. The van der Waals surface area contributed by atoms with Crippen LogP contribution in [0.2, 0.25) is 10.0 Å². The number of rotatable bonds is 7. The van der Waals surface area contributed by atoms with Crippen molar-refractivity contribution in [2.24, 2.45) is 0 Å². The van der Waals surface area contributed by atoms with Crippen LogP contribution in [-0.4, -0.2) is 20.4 Å². The van der Waals surface area contributed by atoms with Gasteiger partial charge in [0.05, 0.1) is 15.6 Å². The predicted molar refractivity (Wildman–Crippen MR) is 133 cm³/mol. The molecule has 174 valence electrons. The second kappa shape index (κ2) is 10.0. The lowest BCUT2D eigenvalue weighted by molar-refractivity contribution is -0.122. The molecule has 3 aromatic carbocycles. The maximum Gasteiger partial charge on any atom is 0.265 e. The van der Waals surface area contributed by atoms with E-state index in [0.29, 0.717) is 16.5 Å². The highest BCUT2D eigenvalue weighted by atomic mass is 35.5. The number of sulfonamides is 1. The number of amides is 1. The second-order valence-corrected chi connectivity index (χ2v) is 10.2. The molecule has 6 nitrogen and oxygen atoms in total. The summed E-state index contributed by atoms with van der Waals surface area (Å²) in [5, 5.41) is 3.32. The lowest BCUT2D eigenvalue weighted by atomic mass is 10.1. The topological polar surface area (TPSA) is 84.5 Å². The number of hydrogen-bond acceptors (Lipinski definition) is 4. The Labute approximate surface area is 203 Å². The van der Waals surface area contributed by atoms with E-state index < -0.39 is 16.1 Å². The Hall–Kier alpha value is -2.74. The second-order valence-electron chi connectivity index (χ2n) is 7.71. The van der Waals surface area contributed by atoms with Gasteiger partial charge in [0, 0.05) is 10.7 Å². The number of carbonyl (C=O) groups excluding carboxylic acids is 1. The third-order valence-corrected chi connectivity index (χ3v) is 6.97. The fraction of sp³-hybridized carbons (Fsp3) is 0.208. The van der Waals surface area contributed by atoms with Crippen molar-refractivity contribution in [1.29, 1.82) is 0 Å². The molecule has 33 heavy (non-hydrogen) atoms. The molecule has 0 aliphatic carbocycles. The molecule has 0 heterocycles. The molecule has 3 rings (SSSR count). The highest BCUT2D eigenvalue weighted by molar-refractivity contribution is 7.92. The van der Waals surface area contributed by atoms with E-state index >= 15 is 0 Å². The number of hydrogen-bond donors (Lipinski definition) is 2. The Morgan fingerprint density at radius 1 is 0.970 bits per heavy atom. The van der Waals surface area contributed by atoms with Crippen LogP contribution in [-0.2, 0) is 14.8 Å². The zero-order valence-electron chi connectivity index (χ0n) is 18.6. The van der Waals surface area contributed by atoms with Crippen LogP contribution < -0.4 is 14.8 Å².